The Hall–Kier alpha value is -0.740. The number of carbonyl (C=O) groups is 1. The summed E-state index contributed by atoms with van der Waals surface area (Å²) in [5.41, 5.74) is 1.16. The van der Waals surface area contributed by atoms with Crippen LogP contribution in [0.3, 0.4) is 0 Å². The number of piperidine rings is 1. The highest BCUT2D eigenvalue weighted by Crippen LogP contribution is 2.19. The monoisotopic (exact) mass is 252 g/mol. The average molecular weight is 252 g/mol. The summed E-state index contributed by atoms with van der Waals surface area (Å²) in [6, 6.07) is 0. The molecule has 94 valence electrons. The molecule has 1 aliphatic heterocycles. The van der Waals surface area contributed by atoms with E-state index in [2.05, 4.69) is 29.1 Å². The molecule has 1 unspecified atom stereocenters. The molecule has 0 N–H and O–H groups in total. The van der Waals surface area contributed by atoms with E-state index < -0.39 is 0 Å². The van der Waals surface area contributed by atoms with Gasteiger partial charge in [-0.2, -0.15) is 0 Å². The Bertz CT molecular complexity index is 389. The van der Waals surface area contributed by atoms with E-state index in [-0.39, 0.29) is 5.92 Å². The molecule has 0 radical (unpaired) electrons. The highest BCUT2D eigenvalue weighted by atomic mass is 32.1. The molecule has 0 bridgehead atoms. The molecule has 17 heavy (non-hydrogen) atoms. The fourth-order valence-corrected chi connectivity index (χ4v) is 3.03. The molecule has 0 spiro atoms. The lowest BCUT2D eigenvalue weighted by molar-refractivity contribution is -0.126. The van der Waals surface area contributed by atoms with Crippen LogP contribution < -0.4 is 0 Å². The summed E-state index contributed by atoms with van der Waals surface area (Å²) >= 11 is 1.74. The predicted molar refractivity (Wildman–Crippen MR) is 70.2 cm³/mol. The normalized spacial score (nSPS) is 22.0. The van der Waals surface area contributed by atoms with Crippen molar-refractivity contribution in [3.8, 4) is 0 Å². The van der Waals surface area contributed by atoms with Crippen molar-refractivity contribution in [3.05, 3.63) is 16.1 Å². The third kappa shape index (κ3) is 3.13. The van der Waals surface area contributed by atoms with Crippen molar-refractivity contribution in [1.29, 1.82) is 0 Å². The molecular formula is C13H20N2OS. The van der Waals surface area contributed by atoms with Gasteiger partial charge in [-0.25, -0.2) is 4.98 Å². The molecular weight excluding hydrogens is 232 g/mol. The van der Waals surface area contributed by atoms with E-state index in [1.54, 1.807) is 11.3 Å². The summed E-state index contributed by atoms with van der Waals surface area (Å²) < 4.78 is 0. The van der Waals surface area contributed by atoms with Gasteiger partial charge < -0.3 is 0 Å². The molecule has 1 aromatic heterocycles. The van der Waals surface area contributed by atoms with Gasteiger partial charge in [0.1, 0.15) is 5.78 Å². The van der Waals surface area contributed by atoms with Gasteiger partial charge in [0.05, 0.1) is 10.7 Å². The van der Waals surface area contributed by atoms with Crippen LogP contribution in [0, 0.1) is 5.92 Å². The maximum atomic E-state index is 11.6. The van der Waals surface area contributed by atoms with Gasteiger partial charge in [-0.3, -0.25) is 9.69 Å². The third-order valence-corrected chi connectivity index (χ3v) is 4.43. The zero-order valence-electron chi connectivity index (χ0n) is 10.6. The Kier molecular flexibility index (Phi) is 4.29. The second kappa shape index (κ2) is 5.74. The number of carbonyl (C=O) groups excluding carboxylic acids is 1. The molecule has 3 nitrogen and oxygen atoms in total. The Morgan fingerprint density at radius 2 is 2.35 bits per heavy atom. The molecule has 1 aromatic rings. The summed E-state index contributed by atoms with van der Waals surface area (Å²) in [4.78, 5) is 18.6. The number of thiazole rings is 1. The van der Waals surface area contributed by atoms with E-state index in [1.807, 2.05) is 0 Å². The van der Waals surface area contributed by atoms with Gasteiger partial charge in [0.2, 0.25) is 0 Å². The van der Waals surface area contributed by atoms with E-state index in [4.69, 9.17) is 0 Å². The Labute approximate surface area is 107 Å². The molecule has 0 saturated carbocycles. The van der Waals surface area contributed by atoms with Crippen molar-refractivity contribution >= 4 is 17.1 Å². The number of hydrogen-bond donors (Lipinski definition) is 0. The summed E-state index contributed by atoms with van der Waals surface area (Å²) in [5.74, 6) is 0.685. The second-order valence-corrected chi connectivity index (χ2v) is 5.59. The van der Waals surface area contributed by atoms with Crippen molar-refractivity contribution in [2.24, 2.45) is 5.92 Å². The minimum Gasteiger partial charge on any atom is -0.299 e. The minimum atomic E-state index is 0.244. The lowest BCUT2D eigenvalue weighted by Gasteiger charge is -2.30. The SMILES string of the molecule is CCc1nc(CN2CCC(=O)C(CC)C2)cs1. The van der Waals surface area contributed by atoms with Crippen LogP contribution >= 0.6 is 11.3 Å². The van der Waals surface area contributed by atoms with Crippen LogP contribution in [-0.2, 0) is 17.8 Å². The van der Waals surface area contributed by atoms with E-state index >= 15 is 0 Å². The first-order chi connectivity index (χ1) is 8.22. The maximum Gasteiger partial charge on any atom is 0.138 e. The largest absolute Gasteiger partial charge is 0.299 e. The van der Waals surface area contributed by atoms with E-state index in [9.17, 15) is 4.79 Å². The Morgan fingerprint density at radius 1 is 1.53 bits per heavy atom. The molecule has 0 aromatic carbocycles. The minimum absolute atomic E-state index is 0.244. The number of rotatable bonds is 4. The maximum absolute atomic E-state index is 11.6. The fraction of sp³-hybridized carbons (Fsp3) is 0.692. The van der Waals surface area contributed by atoms with Gasteiger partial charge in [0.15, 0.2) is 0 Å². The zero-order chi connectivity index (χ0) is 12.3. The molecule has 2 rings (SSSR count). The van der Waals surface area contributed by atoms with Gasteiger partial charge in [-0.15, -0.1) is 11.3 Å². The lowest BCUT2D eigenvalue weighted by atomic mass is 9.94. The van der Waals surface area contributed by atoms with Crippen LogP contribution in [0.2, 0.25) is 0 Å². The molecule has 1 aliphatic rings. The van der Waals surface area contributed by atoms with Crippen LogP contribution in [0.5, 0.6) is 0 Å². The van der Waals surface area contributed by atoms with Crippen molar-refractivity contribution in [2.75, 3.05) is 13.1 Å². The second-order valence-electron chi connectivity index (χ2n) is 4.64. The number of aromatic nitrogens is 1. The van der Waals surface area contributed by atoms with Gasteiger partial charge in [-0.05, 0) is 12.8 Å². The van der Waals surface area contributed by atoms with Crippen molar-refractivity contribution in [2.45, 2.75) is 39.7 Å². The highest BCUT2D eigenvalue weighted by molar-refractivity contribution is 7.09. The van der Waals surface area contributed by atoms with Crippen LogP contribution in [0.25, 0.3) is 0 Å². The van der Waals surface area contributed by atoms with Crippen LogP contribution in [-0.4, -0.2) is 28.8 Å². The summed E-state index contributed by atoms with van der Waals surface area (Å²) in [5, 5.41) is 3.36. The number of likely N-dealkylation sites (tertiary alicyclic amines) is 1. The van der Waals surface area contributed by atoms with Gasteiger partial charge in [0.25, 0.3) is 0 Å². The Balaban J connectivity index is 1.93. The molecule has 2 heterocycles. The van der Waals surface area contributed by atoms with Gasteiger partial charge >= 0.3 is 0 Å². The molecule has 1 saturated heterocycles. The van der Waals surface area contributed by atoms with Crippen LogP contribution in [0.15, 0.2) is 5.38 Å². The molecule has 4 heteroatoms. The first-order valence-corrected chi connectivity index (χ1v) is 7.29. The first-order valence-electron chi connectivity index (χ1n) is 6.41. The lowest BCUT2D eigenvalue weighted by Crippen LogP contribution is -2.40. The first kappa shape index (κ1) is 12.7. The third-order valence-electron chi connectivity index (χ3n) is 3.39. The standard InChI is InChI=1S/C13H20N2OS/c1-3-10-7-15(6-5-12(10)16)8-11-9-17-13(4-2)14-11/h9-10H,3-8H2,1-2H3. The Morgan fingerprint density at radius 3 is 3.00 bits per heavy atom. The smallest absolute Gasteiger partial charge is 0.138 e. The predicted octanol–water partition coefficient (Wildman–Crippen LogP) is 2.51. The van der Waals surface area contributed by atoms with E-state index in [1.165, 1.54) is 5.01 Å². The highest BCUT2D eigenvalue weighted by Gasteiger charge is 2.25. The van der Waals surface area contributed by atoms with Gasteiger partial charge in [-0.1, -0.05) is 13.8 Å². The summed E-state index contributed by atoms with van der Waals surface area (Å²) in [7, 11) is 0. The molecule has 1 fully saturated rings. The summed E-state index contributed by atoms with van der Waals surface area (Å²) in [6.45, 7) is 6.95. The van der Waals surface area contributed by atoms with Crippen molar-refractivity contribution in [3.63, 3.8) is 0 Å². The van der Waals surface area contributed by atoms with Crippen molar-refractivity contribution < 1.29 is 4.79 Å². The van der Waals surface area contributed by atoms with Crippen molar-refractivity contribution in [1.82, 2.24) is 9.88 Å². The van der Waals surface area contributed by atoms with E-state index in [0.29, 0.717) is 12.2 Å². The number of nitrogens with zero attached hydrogens (tertiary/aromatic N) is 2. The average Bonchev–Trinajstić information content (AvgIpc) is 2.79. The molecule has 0 aliphatic carbocycles. The summed E-state index contributed by atoms with van der Waals surface area (Å²) in [6.07, 6.45) is 2.69. The van der Waals surface area contributed by atoms with Crippen LogP contribution in [0.4, 0.5) is 0 Å². The topological polar surface area (TPSA) is 33.2 Å². The number of ketones is 1. The zero-order valence-corrected chi connectivity index (χ0v) is 11.4. The molecule has 1 atom stereocenters. The number of aryl methyl sites for hydroxylation is 1. The van der Waals surface area contributed by atoms with E-state index in [0.717, 1.165) is 38.2 Å². The quantitative estimate of drug-likeness (QED) is 0.825. The fourth-order valence-electron chi connectivity index (χ4n) is 2.29. The van der Waals surface area contributed by atoms with Gasteiger partial charge in [0, 0.05) is 37.4 Å². The number of Topliss-reactive ketones (excluding diaryl/α,β-unsaturated/α-hetero) is 1. The van der Waals surface area contributed by atoms with Crippen LogP contribution in [0.1, 0.15) is 37.4 Å². The molecule has 0 amide bonds. The number of hydrogen-bond acceptors (Lipinski definition) is 4.